The molecule has 0 radical (unpaired) electrons. The van der Waals surface area contributed by atoms with E-state index in [0.29, 0.717) is 35.7 Å². The molecule has 0 unspecified atom stereocenters. The third-order valence-electron chi connectivity index (χ3n) is 9.41. The number of aromatic nitrogens is 3. The molecule has 6 N–H and O–H groups in total. The maximum atomic E-state index is 13.7. The Morgan fingerprint density at radius 2 is 1.68 bits per heavy atom. The van der Waals surface area contributed by atoms with Crippen LogP contribution in [0, 0.1) is 0 Å². The number of nitrogens with zero attached hydrogens (tertiary/aromatic N) is 2. The Morgan fingerprint density at radius 3 is 2.42 bits per heavy atom. The van der Waals surface area contributed by atoms with Gasteiger partial charge >= 0.3 is 11.9 Å². The van der Waals surface area contributed by atoms with Gasteiger partial charge in [0.1, 0.15) is 23.4 Å². The lowest BCUT2D eigenvalue weighted by atomic mass is 9.94. The quantitative estimate of drug-likeness (QED) is 0.117. The average molecular weight is 726 g/mol. The van der Waals surface area contributed by atoms with Gasteiger partial charge in [0.05, 0.1) is 38.3 Å². The monoisotopic (exact) mass is 725 g/mol. The van der Waals surface area contributed by atoms with E-state index < -0.39 is 23.9 Å². The average Bonchev–Trinajstić information content (AvgIpc) is 3.78. The number of carbonyl (C=O) groups excluding carboxylic acids is 4. The summed E-state index contributed by atoms with van der Waals surface area (Å²) in [5.74, 6) is 0.0545. The van der Waals surface area contributed by atoms with E-state index in [1.165, 1.54) is 20.6 Å². The van der Waals surface area contributed by atoms with Gasteiger partial charge < -0.3 is 44.9 Å². The Bertz CT molecular complexity index is 2080. The lowest BCUT2D eigenvalue weighted by molar-refractivity contribution is -0.364. The number of quaternary nitrogens is 1. The molecule has 0 spiro atoms. The van der Waals surface area contributed by atoms with Crippen LogP contribution in [0.2, 0.25) is 0 Å². The molecule has 2 heterocycles. The molecule has 0 aliphatic heterocycles. The van der Waals surface area contributed by atoms with Crippen LogP contribution in [0.1, 0.15) is 54.1 Å². The summed E-state index contributed by atoms with van der Waals surface area (Å²) in [5, 5.41) is 6.39. The first-order valence-corrected chi connectivity index (χ1v) is 17.8. The topological polar surface area (TPSA) is 191 Å². The number of methoxy groups -OCH3 is 2. The lowest BCUT2D eigenvalue weighted by Gasteiger charge is -2.25. The number of carbonyl (C=O) groups is 4. The molecule has 2 amide bonds. The molecule has 1 fully saturated rings. The number of aromatic amines is 1. The highest BCUT2D eigenvalue weighted by molar-refractivity contribution is 6.00. The van der Waals surface area contributed by atoms with Crippen molar-refractivity contribution < 1.29 is 43.9 Å². The van der Waals surface area contributed by atoms with E-state index in [2.05, 4.69) is 30.7 Å². The third-order valence-corrected chi connectivity index (χ3v) is 9.41. The number of benzene rings is 3. The van der Waals surface area contributed by atoms with Crippen molar-refractivity contribution in [2.75, 3.05) is 40.5 Å². The van der Waals surface area contributed by atoms with Crippen LogP contribution in [0.4, 0.5) is 0 Å². The first-order valence-electron chi connectivity index (χ1n) is 17.8. The zero-order chi connectivity index (χ0) is 37.3. The van der Waals surface area contributed by atoms with Crippen molar-refractivity contribution in [1.29, 1.82) is 0 Å². The highest BCUT2D eigenvalue weighted by atomic mass is 16.6. The van der Waals surface area contributed by atoms with Crippen LogP contribution in [0.25, 0.3) is 33.3 Å². The maximum Gasteiger partial charge on any atom is 0.343 e. The molecule has 5 aromatic rings. The Morgan fingerprint density at radius 1 is 0.925 bits per heavy atom. The molecule has 1 aliphatic carbocycles. The molecule has 1 saturated carbocycles. The minimum absolute atomic E-state index is 0.0855. The van der Waals surface area contributed by atoms with Crippen LogP contribution in [-0.4, -0.2) is 84.9 Å². The lowest BCUT2D eigenvalue weighted by Crippen LogP contribution is -2.55. The Kier molecular flexibility index (Phi) is 11.9. The molecule has 278 valence electrons. The van der Waals surface area contributed by atoms with E-state index in [9.17, 15) is 19.2 Å². The van der Waals surface area contributed by atoms with Crippen molar-refractivity contribution in [2.45, 2.75) is 50.6 Å². The second kappa shape index (κ2) is 17.1. The number of nitrogens with one attached hydrogen (secondary N) is 3. The number of hydrogen-bond donors (Lipinski definition) is 4. The van der Waals surface area contributed by atoms with Crippen LogP contribution in [0.5, 0.6) is 11.5 Å². The summed E-state index contributed by atoms with van der Waals surface area (Å²) in [4.78, 5) is 58.5. The molecule has 3 aromatic carbocycles. The fraction of sp³-hybridized carbons (Fsp3) is 0.359. The Balaban J connectivity index is 1.23. The van der Waals surface area contributed by atoms with Crippen molar-refractivity contribution >= 4 is 45.7 Å². The van der Waals surface area contributed by atoms with Crippen LogP contribution in [0.15, 0.2) is 66.9 Å². The van der Waals surface area contributed by atoms with Gasteiger partial charge in [-0.1, -0.05) is 19.3 Å². The SMILES string of the molecule is COC(=O)COc1ccc2[nH]cc(C[C@@H](NC(=O)c3ccc4c(c3)nc(-c3ccc(OCC(=O)NCC[NH3+])cc3)n4C3CCCCC3)C(=O)OC)c2c1. The van der Waals surface area contributed by atoms with Crippen LogP contribution < -0.4 is 25.8 Å². The molecule has 2 aromatic heterocycles. The van der Waals surface area contributed by atoms with Crippen molar-refractivity contribution in [2.24, 2.45) is 0 Å². The van der Waals surface area contributed by atoms with E-state index in [0.717, 1.165) is 59.1 Å². The van der Waals surface area contributed by atoms with Crippen LogP contribution >= 0.6 is 0 Å². The molecule has 14 nitrogen and oxygen atoms in total. The maximum absolute atomic E-state index is 13.7. The summed E-state index contributed by atoms with van der Waals surface area (Å²) >= 11 is 0. The number of imidazole rings is 1. The zero-order valence-electron chi connectivity index (χ0n) is 29.9. The number of esters is 2. The van der Waals surface area contributed by atoms with Gasteiger partial charge in [-0.2, -0.15) is 0 Å². The summed E-state index contributed by atoms with van der Waals surface area (Å²) in [7, 11) is 2.57. The van der Waals surface area contributed by atoms with Gasteiger partial charge in [-0.25, -0.2) is 14.6 Å². The largest absolute Gasteiger partial charge is 0.484 e. The third kappa shape index (κ3) is 8.78. The molecule has 0 bridgehead atoms. The summed E-state index contributed by atoms with van der Waals surface area (Å²) in [6, 6.07) is 17.5. The number of rotatable bonds is 15. The molecule has 53 heavy (non-hydrogen) atoms. The first-order chi connectivity index (χ1) is 25.8. The summed E-state index contributed by atoms with van der Waals surface area (Å²) in [6.07, 6.45) is 7.41. The van der Waals surface area contributed by atoms with E-state index in [1.807, 2.05) is 36.4 Å². The molecule has 14 heteroatoms. The Labute approximate surface area is 306 Å². The van der Waals surface area contributed by atoms with Gasteiger partial charge in [-0.3, -0.25) is 9.59 Å². The predicted octanol–water partition coefficient (Wildman–Crippen LogP) is 3.49. The molecule has 0 saturated heterocycles. The van der Waals surface area contributed by atoms with Crippen LogP contribution in [0.3, 0.4) is 0 Å². The summed E-state index contributed by atoms with van der Waals surface area (Å²) in [6.45, 7) is 0.775. The van der Waals surface area contributed by atoms with Crippen molar-refractivity contribution in [3.05, 3.63) is 78.0 Å². The number of amides is 2. The zero-order valence-corrected chi connectivity index (χ0v) is 29.9. The van der Waals surface area contributed by atoms with Gasteiger partial charge in [-0.15, -0.1) is 0 Å². The molecule has 6 rings (SSSR count). The van der Waals surface area contributed by atoms with Crippen molar-refractivity contribution in [1.82, 2.24) is 25.2 Å². The molecule has 1 atom stereocenters. The second-order valence-electron chi connectivity index (χ2n) is 13.0. The molecule has 1 aliphatic rings. The number of H-pyrrole nitrogens is 1. The van der Waals surface area contributed by atoms with E-state index in [-0.39, 0.29) is 31.6 Å². The van der Waals surface area contributed by atoms with E-state index in [1.54, 1.807) is 30.5 Å². The van der Waals surface area contributed by atoms with Gasteiger partial charge in [0.2, 0.25) is 0 Å². The summed E-state index contributed by atoms with van der Waals surface area (Å²) < 4.78 is 23.2. The van der Waals surface area contributed by atoms with Crippen molar-refractivity contribution in [3.8, 4) is 22.9 Å². The van der Waals surface area contributed by atoms with Gasteiger partial charge in [0, 0.05) is 40.7 Å². The molecular weight excluding hydrogens is 680 g/mol. The number of hydrogen-bond acceptors (Lipinski definition) is 9. The van der Waals surface area contributed by atoms with Gasteiger partial charge in [-0.05, 0) is 79.1 Å². The predicted molar refractivity (Wildman–Crippen MR) is 196 cm³/mol. The summed E-state index contributed by atoms with van der Waals surface area (Å²) in [5.41, 5.74) is 8.08. The molecular formula is C39H45N6O8+. The van der Waals surface area contributed by atoms with Gasteiger partial charge in [0.25, 0.3) is 11.8 Å². The normalized spacial score (nSPS) is 13.7. The minimum Gasteiger partial charge on any atom is -0.484 e. The minimum atomic E-state index is -0.993. The van der Waals surface area contributed by atoms with Crippen molar-refractivity contribution in [3.63, 3.8) is 0 Å². The van der Waals surface area contributed by atoms with E-state index in [4.69, 9.17) is 19.2 Å². The first kappa shape index (κ1) is 36.9. The fourth-order valence-electron chi connectivity index (χ4n) is 6.69. The van der Waals surface area contributed by atoms with Gasteiger partial charge in [0.15, 0.2) is 13.2 Å². The second-order valence-corrected chi connectivity index (χ2v) is 13.0. The standard InChI is InChI=1S/C39H44N6O8/c1-50-36(47)23-53-29-13-14-31-30(20-29)26(21-42-31)19-33(39(49)51-2)44-38(48)25-10-15-34-32(18-25)43-37(45(34)27-6-4-3-5-7-27)24-8-11-28(12-9-24)52-22-35(46)41-17-16-40/h8-15,18,20-21,27,33,42H,3-7,16-17,19,22-23,40H2,1-2H3,(H,41,46)(H,44,48)/p+1/t33-/m1/s1. The number of ether oxygens (including phenoxy) is 4. The van der Waals surface area contributed by atoms with Crippen LogP contribution in [-0.2, 0) is 30.3 Å². The highest BCUT2D eigenvalue weighted by Crippen LogP contribution is 2.36. The van der Waals surface area contributed by atoms with E-state index >= 15 is 0 Å². The smallest absolute Gasteiger partial charge is 0.343 e. The fourth-order valence-corrected chi connectivity index (χ4v) is 6.69. The number of fused-ring (bicyclic) bond motifs is 2. The highest BCUT2D eigenvalue weighted by Gasteiger charge is 2.26. The Hall–Kier alpha value is -5.89.